The second kappa shape index (κ2) is 4.88. The van der Waals surface area contributed by atoms with Crippen LogP contribution in [0.5, 0.6) is 0 Å². The first-order valence-corrected chi connectivity index (χ1v) is 6.11. The fourth-order valence-corrected chi connectivity index (χ4v) is 2.23. The van der Waals surface area contributed by atoms with Crippen molar-refractivity contribution in [1.29, 1.82) is 0 Å². The number of carbonyl (C=O) groups is 1. The summed E-state index contributed by atoms with van der Waals surface area (Å²) in [7, 11) is 0. The van der Waals surface area contributed by atoms with E-state index in [1.54, 1.807) is 0 Å². The first kappa shape index (κ1) is 12.1. The predicted octanol–water partition coefficient (Wildman–Crippen LogP) is 2.73. The monoisotopic (exact) mass is 233 g/mol. The van der Waals surface area contributed by atoms with Crippen molar-refractivity contribution in [3.05, 3.63) is 35.4 Å². The van der Waals surface area contributed by atoms with E-state index in [-0.39, 0.29) is 5.91 Å². The van der Waals surface area contributed by atoms with Gasteiger partial charge in [-0.05, 0) is 37.2 Å². The zero-order valence-corrected chi connectivity index (χ0v) is 10.4. The van der Waals surface area contributed by atoms with Gasteiger partial charge in [-0.3, -0.25) is 10.0 Å². The van der Waals surface area contributed by atoms with Gasteiger partial charge < -0.3 is 0 Å². The lowest BCUT2D eigenvalue weighted by Gasteiger charge is -2.11. The molecule has 3 nitrogen and oxygen atoms in total. The summed E-state index contributed by atoms with van der Waals surface area (Å²) >= 11 is 0. The molecule has 1 saturated carbocycles. The minimum atomic E-state index is -0.280. The third kappa shape index (κ3) is 3.07. The fourth-order valence-electron chi connectivity index (χ4n) is 2.23. The Balaban J connectivity index is 1.81. The summed E-state index contributed by atoms with van der Waals surface area (Å²) in [5.74, 6) is 0.959. The molecule has 1 N–H and O–H groups in total. The summed E-state index contributed by atoms with van der Waals surface area (Å²) in [6.45, 7) is 3.91. The van der Waals surface area contributed by atoms with Crippen LogP contribution in [0, 0.1) is 12.8 Å². The highest BCUT2D eigenvalue weighted by atomic mass is 16.5. The number of hydroxylamine groups is 2. The maximum atomic E-state index is 10.8. The molecule has 0 aromatic heterocycles. The molecule has 1 aliphatic carbocycles. The van der Waals surface area contributed by atoms with Crippen LogP contribution in [-0.2, 0) is 4.79 Å². The Kier molecular flexibility index (Phi) is 3.48. The van der Waals surface area contributed by atoms with Crippen LogP contribution < -0.4 is 0 Å². The van der Waals surface area contributed by atoms with Crippen LogP contribution in [0.3, 0.4) is 0 Å². The lowest BCUT2D eigenvalue weighted by molar-refractivity contribution is -0.163. The average molecular weight is 233 g/mol. The second-order valence-electron chi connectivity index (χ2n) is 4.94. The molecule has 1 amide bonds. The maximum absolute atomic E-state index is 10.8. The largest absolute Gasteiger partial charge is 0.286 e. The van der Waals surface area contributed by atoms with E-state index in [4.69, 9.17) is 0 Å². The molecule has 1 aromatic carbocycles. The molecule has 17 heavy (non-hydrogen) atoms. The van der Waals surface area contributed by atoms with Gasteiger partial charge in [-0.2, -0.15) is 0 Å². The van der Waals surface area contributed by atoms with Gasteiger partial charge in [-0.25, -0.2) is 5.06 Å². The van der Waals surface area contributed by atoms with E-state index in [0.717, 1.165) is 11.5 Å². The molecule has 0 heterocycles. The smallest absolute Gasteiger partial charge is 0.242 e. The number of rotatable bonds is 4. The standard InChI is InChI=1S/C14H19NO2/c1-10-3-5-12(6-4-10)14-9-13(14)7-8-15(17)11(2)16/h3-6,13-14,17H,7-9H2,1-2H3. The summed E-state index contributed by atoms with van der Waals surface area (Å²) in [6, 6.07) is 8.64. The van der Waals surface area contributed by atoms with Crippen molar-refractivity contribution >= 4 is 5.91 Å². The molecule has 1 fully saturated rings. The minimum absolute atomic E-state index is 0.280. The first-order valence-electron chi connectivity index (χ1n) is 6.11. The molecule has 0 saturated heterocycles. The Bertz CT molecular complexity index is 399. The van der Waals surface area contributed by atoms with Gasteiger partial charge in [0.2, 0.25) is 5.91 Å². The number of hydrogen-bond donors (Lipinski definition) is 1. The Morgan fingerprint density at radius 3 is 2.65 bits per heavy atom. The van der Waals surface area contributed by atoms with Crippen molar-refractivity contribution in [2.45, 2.75) is 32.6 Å². The molecule has 1 aromatic rings. The van der Waals surface area contributed by atoms with Crippen LogP contribution in [0.25, 0.3) is 0 Å². The summed E-state index contributed by atoms with van der Waals surface area (Å²) in [5.41, 5.74) is 2.66. The van der Waals surface area contributed by atoms with E-state index < -0.39 is 0 Å². The van der Waals surface area contributed by atoms with E-state index in [0.29, 0.717) is 18.4 Å². The molecule has 0 radical (unpaired) electrons. The van der Waals surface area contributed by atoms with Gasteiger partial charge in [-0.15, -0.1) is 0 Å². The van der Waals surface area contributed by atoms with Crippen LogP contribution in [0.15, 0.2) is 24.3 Å². The van der Waals surface area contributed by atoms with Crippen molar-refractivity contribution in [2.75, 3.05) is 6.54 Å². The molecular formula is C14H19NO2. The molecule has 92 valence electrons. The summed E-state index contributed by atoms with van der Waals surface area (Å²) in [5, 5.41) is 10.1. The van der Waals surface area contributed by atoms with Gasteiger partial charge in [0.25, 0.3) is 0 Å². The van der Waals surface area contributed by atoms with E-state index >= 15 is 0 Å². The molecule has 2 rings (SSSR count). The maximum Gasteiger partial charge on any atom is 0.242 e. The highest BCUT2D eigenvalue weighted by molar-refractivity contribution is 5.71. The summed E-state index contributed by atoms with van der Waals surface area (Å²) < 4.78 is 0. The zero-order valence-electron chi connectivity index (χ0n) is 10.4. The number of nitrogens with zero attached hydrogens (tertiary/aromatic N) is 1. The normalized spacial score (nSPS) is 22.3. The van der Waals surface area contributed by atoms with Crippen molar-refractivity contribution < 1.29 is 10.0 Å². The van der Waals surface area contributed by atoms with E-state index in [1.165, 1.54) is 24.5 Å². The topological polar surface area (TPSA) is 40.5 Å². The van der Waals surface area contributed by atoms with E-state index in [2.05, 4.69) is 31.2 Å². The molecular weight excluding hydrogens is 214 g/mol. The van der Waals surface area contributed by atoms with Crippen LogP contribution in [-0.4, -0.2) is 22.7 Å². The molecule has 3 heteroatoms. The van der Waals surface area contributed by atoms with Crippen molar-refractivity contribution in [3.8, 4) is 0 Å². The Hall–Kier alpha value is -1.35. The summed E-state index contributed by atoms with van der Waals surface area (Å²) in [4.78, 5) is 10.8. The van der Waals surface area contributed by atoms with Gasteiger partial charge in [0.1, 0.15) is 0 Å². The lowest BCUT2D eigenvalue weighted by atomic mass is 10.1. The Morgan fingerprint density at radius 2 is 2.06 bits per heavy atom. The van der Waals surface area contributed by atoms with Gasteiger partial charge in [0.05, 0.1) is 0 Å². The number of hydrogen-bond acceptors (Lipinski definition) is 2. The number of carbonyl (C=O) groups excluding carboxylic acids is 1. The van der Waals surface area contributed by atoms with Crippen molar-refractivity contribution in [2.24, 2.45) is 5.92 Å². The summed E-state index contributed by atoms with van der Waals surface area (Å²) in [6.07, 6.45) is 2.06. The van der Waals surface area contributed by atoms with Gasteiger partial charge in [-0.1, -0.05) is 29.8 Å². The Morgan fingerprint density at radius 1 is 1.41 bits per heavy atom. The number of amides is 1. The quantitative estimate of drug-likeness (QED) is 0.641. The molecule has 0 spiro atoms. The fraction of sp³-hybridized carbons (Fsp3) is 0.500. The molecule has 1 aliphatic rings. The second-order valence-corrected chi connectivity index (χ2v) is 4.94. The van der Waals surface area contributed by atoms with E-state index in [9.17, 15) is 10.0 Å². The van der Waals surface area contributed by atoms with Crippen LogP contribution in [0.1, 0.15) is 36.8 Å². The van der Waals surface area contributed by atoms with Crippen molar-refractivity contribution in [3.63, 3.8) is 0 Å². The van der Waals surface area contributed by atoms with Crippen LogP contribution >= 0.6 is 0 Å². The minimum Gasteiger partial charge on any atom is -0.286 e. The molecule has 0 bridgehead atoms. The highest BCUT2D eigenvalue weighted by Gasteiger charge is 2.37. The number of aryl methyl sites for hydroxylation is 1. The first-order chi connectivity index (χ1) is 8.08. The Labute approximate surface area is 102 Å². The van der Waals surface area contributed by atoms with Crippen molar-refractivity contribution in [1.82, 2.24) is 5.06 Å². The number of benzene rings is 1. The third-order valence-electron chi connectivity index (χ3n) is 3.50. The van der Waals surface area contributed by atoms with E-state index in [1.807, 2.05) is 0 Å². The molecule has 2 unspecified atom stereocenters. The van der Waals surface area contributed by atoms with Gasteiger partial charge in [0, 0.05) is 13.5 Å². The SMILES string of the molecule is CC(=O)N(O)CCC1CC1c1ccc(C)cc1. The third-order valence-corrected chi connectivity index (χ3v) is 3.50. The highest BCUT2D eigenvalue weighted by Crippen LogP contribution is 2.49. The predicted molar refractivity (Wildman–Crippen MR) is 65.8 cm³/mol. The molecule has 2 atom stereocenters. The average Bonchev–Trinajstić information content (AvgIpc) is 3.06. The van der Waals surface area contributed by atoms with Gasteiger partial charge in [0.15, 0.2) is 0 Å². The van der Waals surface area contributed by atoms with Crippen LogP contribution in [0.2, 0.25) is 0 Å². The zero-order chi connectivity index (χ0) is 12.4. The van der Waals surface area contributed by atoms with Gasteiger partial charge >= 0.3 is 0 Å². The van der Waals surface area contributed by atoms with Crippen LogP contribution in [0.4, 0.5) is 0 Å². The molecule has 0 aliphatic heterocycles. The lowest BCUT2D eigenvalue weighted by Crippen LogP contribution is -2.25.